The normalized spacial score (nSPS) is 22.9. The van der Waals surface area contributed by atoms with Crippen molar-refractivity contribution in [1.82, 2.24) is 21.3 Å². The molecule has 1 fully saturated rings. The van der Waals surface area contributed by atoms with Crippen LogP contribution in [0, 0.1) is 11.8 Å². The highest BCUT2D eigenvalue weighted by atomic mass is 16.5. The molecule has 3 rings (SSSR count). The van der Waals surface area contributed by atoms with Gasteiger partial charge in [-0.1, -0.05) is 26.0 Å². The van der Waals surface area contributed by atoms with Gasteiger partial charge >= 0.3 is 0 Å². The van der Waals surface area contributed by atoms with E-state index in [0.717, 1.165) is 12.8 Å². The summed E-state index contributed by atoms with van der Waals surface area (Å²) in [4.78, 5) is 51.0. The molecule has 33 heavy (non-hydrogen) atoms. The summed E-state index contributed by atoms with van der Waals surface area (Å²) in [7, 11) is 0. The molecule has 1 heterocycles. The van der Waals surface area contributed by atoms with Crippen LogP contribution < -0.4 is 26.0 Å². The van der Waals surface area contributed by atoms with Crippen LogP contribution in [0.15, 0.2) is 24.3 Å². The number of para-hydroxylation sites is 1. The number of carbonyl (C=O) groups excluding carboxylic acids is 4. The van der Waals surface area contributed by atoms with Gasteiger partial charge in [-0.15, -0.1) is 0 Å². The molecule has 1 aromatic rings. The van der Waals surface area contributed by atoms with Gasteiger partial charge in [0.1, 0.15) is 17.8 Å². The van der Waals surface area contributed by atoms with Gasteiger partial charge in [0.15, 0.2) is 0 Å². The van der Waals surface area contributed by atoms with Crippen LogP contribution in [-0.4, -0.2) is 55.4 Å². The lowest BCUT2D eigenvalue weighted by atomic mass is 10.0. The third-order valence-electron chi connectivity index (χ3n) is 5.82. The molecule has 1 aliphatic carbocycles. The van der Waals surface area contributed by atoms with E-state index >= 15 is 0 Å². The Hall–Kier alpha value is -3.10. The molecular weight excluding hydrogens is 424 g/mol. The highest BCUT2D eigenvalue weighted by molar-refractivity contribution is 5.99. The zero-order valence-corrected chi connectivity index (χ0v) is 19.3. The molecule has 1 unspecified atom stereocenters. The minimum atomic E-state index is -0.880. The maximum Gasteiger partial charge on any atom is 0.255 e. The van der Waals surface area contributed by atoms with E-state index < -0.39 is 18.0 Å². The van der Waals surface area contributed by atoms with Gasteiger partial charge in [0, 0.05) is 19.5 Å². The Bertz CT molecular complexity index is 868. The van der Waals surface area contributed by atoms with Crippen molar-refractivity contribution in [1.29, 1.82) is 0 Å². The number of fused-ring (bicyclic) bond motifs is 1. The van der Waals surface area contributed by atoms with Crippen molar-refractivity contribution in [2.45, 2.75) is 58.0 Å². The summed E-state index contributed by atoms with van der Waals surface area (Å²) < 4.78 is 5.79. The van der Waals surface area contributed by atoms with Gasteiger partial charge < -0.3 is 26.0 Å². The highest BCUT2D eigenvalue weighted by Crippen LogP contribution is 2.27. The van der Waals surface area contributed by atoms with E-state index in [4.69, 9.17) is 4.74 Å². The van der Waals surface area contributed by atoms with Crippen LogP contribution in [0.25, 0.3) is 0 Å². The average molecular weight is 459 g/mol. The first-order chi connectivity index (χ1) is 15.8. The molecule has 4 N–H and O–H groups in total. The molecule has 9 nitrogen and oxygen atoms in total. The topological polar surface area (TPSA) is 126 Å². The fourth-order valence-corrected chi connectivity index (χ4v) is 3.61. The Kier molecular flexibility index (Phi) is 8.68. The second-order valence-corrected chi connectivity index (χ2v) is 9.03. The van der Waals surface area contributed by atoms with Crippen LogP contribution in [0.4, 0.5) is 0 Å². The first-order valence-corrected chi connectivity index (χ1v) is 11.7. The predicted molar refractivity (Wildman–Crippen MR) is 123 cm³/mol. The summed E-state index contributed by atoms with van der Waals surface area (Å²) in [5, 5.41) is 11.3. The molecule has 9 heteroatoms. The maximum absolute atomic E-state index is 13.0. The summed E-state index contributed by atoms with van der Waals surface area (Å²) in [6, 6.07) is 5.26. The number of nitrogens with one attached hydrogen (secondary N) is 4. The van der Waals surface area contributed by atoms with E-state index in [-0.39, 0.29) is 36.5 Å². The number of hydrogen-bond acceptors (Lipinski definition) is 5. The lowest BCUT2D eigenvalue weighted by Gasteiger charge is -2.23. The Morgan fingerprint density at radius 3 is 2.61 bits per heavy atom. The van der Waals surface area contributed by atoms with Crippen LogP contribution in [-0.2, 0) is 14.4 Å². The van der Waals surface area contributed by atoms with Crippen molar-refractivity contribution >= 4 is 23.6 Å². The second kappa shape index (κ2) is 11.7. The Labute approximate surface area is 194 Å². The van der Waals surface area contributed by atoms with Crippen LogP contribution >= 0.6 is 0 Å². The van der Waals surface area contributed by atoms with Crippen LogP contribution in [0.2, 0.25) is 0 Å². The Balaban J connectivity index is 1.78. The van der Waals surface area contributed by atoms with E-state index in [0.29, 0.717) is 43.3 Å². The molecule has 0 bridgehead atoms. The van der Waals surface area contributed by atoms with Crippen molar-refractivity contribution in [3.8, 4) is 5.75 Å². The minimum absolute atomic E-state index is 0.00353. The summed E-state index contributed by atoms with van der Waals surface area (Å²) in [6.07, 6.45) is 2.82. The zero-order valence-electron chi connectivity index (χ0n) is 19.3. The van der Waals surface area contributed by atoms with E-state index in [1.807, 2.05) is 13.8 Å². The standard InChI is InChI=1S/C24H34N4O5/c1-15(2)21-24(32)25-12-5-13-33-19-7-4-3-6-17(19)22(30)27-18(10-11-20(29)28-21)23(31)26-14-16-8-9-16/h3-4,6-7,15-16,18,21H,5,8-14H2,1-2H3,(H,25,32)(H,26,31)(H,27,30)(H,28,29)/t18-,21?/m0/s1. The predicted octanol–water partition coefficient (Wildman–Crippen LogP) is 1.13. The van der Waals surface area contributed by atoms with E-state index in [1.54, 1.807) is 24.3 Å². The fourth-order valence-electron chi connectivity index (χ4n) is 3.61. The van der Waals surface area contributed by atoms with Gasteiger partial charge in [-0.05, 0) is 49.7 Å². The number of ether oxygens (including phenoxy) is 1. The molecule has 1 saturated carbocycles. The van der Waals surface area contributed by atoms with E-state index in [1.165, 1.54) is 0 Å². The van der Waals surface area contributed by atoms with Gasteiger partial charge in [-0.25, -0.2) is 0 Å². The van der Waals surface area contributed by atoms with Crippen molar-refractivity contribution in [2.75, 3.05) is 19.7 Å². The SMILES string of the molecule is CC(C)C1NC(=O)CC[C@@H](C(=O)NCC2CC2)NC(=O)c2ccccc2OCCCNC1=O. The second-order valence-electron chi connectivity index (χ2n) is 9.03. The molecule has 0 aromatic heterocycles. The smallest absolute Gasteiger partial charge is 0.255 e. The molecule has 0 saturated heterocycles. The number of benzene rings is 1. The van der Waals surface area contributed by atoms with Gasteiger partial charge in [0.25, 0.3) is 5.91 Å². The Morgan fingerprint density at radius 2 is 1.88 bits per heavy atom. The quantitative estimate of drug-likeness (QED) is 0.538. The fraction of sp³-hybridized carbons (Fsp3) is 0.583. The molecule has 0 radical (unpaired) electrons. The number of amides is 4. The van der Waals surface area contributed by atoms with Crippen molar-refractivity contribution in [3.05, 3.63) is 29.8 Å². The van der Waals surface area contributed by atoms with Gasteiger partial charge in [0.2, 0.25) is 17.7 Å². The summed E-state index contributed by atoms with van der Waals surface area (Å²) in [6.45, 7) is 4.96. The van der Waals surface area contributed by atoms with Crippen LogP contribution in [0.5, 0.6) is 5.75 Å². The summed E-state index contributed by atoms with van der Waals surface area (Å²) in [5.41, 5.74) is 0.318. The van der Waals surface area contributed by atoms with Gasteiger partial charge in [0.05, 0.1) is 12.2 Å². The lowest BCUT2D eigenvalue weighted by Crippen LogP contribution is -2.51. The van der Waals surface area contributed by atoms with E-state index in [9.17, 15) is 19.2 Å². The van der Waals surface area contributed by atoms with Crippen LogP contribution in [0.3, 0.4) is 0 Å². The van der Waals surface area contributed by atoms with Crippen molar-refractivity contribution < 1.29 is 23.9 Å². The van der Waals surface area contributed by atoms with Gasteiger partial charge in [-0.3, -0.25) is 19.2 Å². The largest absolute Gasteiger partial charge is 0.493 e. The minimum Gasteiger partial charge on any atom is -0.493 e. The lowest BCUT2D eigenvalue weighted by molar-refractivity contribution is -0.130. The molecule has 2 atom stereocenters. The molecular formula is C24H34N4O5. The van der Waals surface area contributed by atoms with Crippen molar-refractivity contribution in [3.63, 3.8) is 0 Å². The number of hydrogen-bond donors (Lipinski definition) is 4. The third-order valence-corrected chi connectivity index (χ3v) is 5.82. The first-order valence-electron chi connectivity index (χ1n) is 11.7. The number of carbonyl (C=O) groups is 4. The number of rotatable bonds is 4. The molecule has 1 aromatic carbocycles. The van der Waals surface area contributed by atoms with Crippen molar-refractivity contribution in [2.24, 2.45) is 11.8 Å². The monoisotopic (exact) mass is 458 g/mol. The molecule has 1 aliphatic heterocycles. The van der Waals surface area contributed by atoms with E-state index in [2.05, 4.69) is 21.3 Å². The molecule has 180 valence electrons. The zero-order chi connectivity index (χ0) is 23.8. The first kappa shape index (κ1) is 24.5. The summed E-state index contributed by atoms with van der Waals surface area (Å²) in [5.74, 6) is -0.555. The summed E-state index contributed by atoms with van der Waals surface area (Å²) >= 11 is 0. The van der Waals surface area contributed by atoms with Crippen LogP contribution in [0.1, 0.15) is 56.3 Å². The maximum atomic E-state index is 13.0. The highest BCUT2D eigenvalue weighted by Gasteiger charge is 2.28. The average Bonchev–Trinajstić information content (AvgIpc) is 3.62. The van der Waals surface area contributed by atoms with Gasteiger partial charge in [-0.2, -0.15) is 0 Å². The third kappa shape index (κ3) is 7.47. The molecule has 4 amide bonds. The molecule has 0 spiro atoms. The molecule has 2 aliphatic rings. The Morgan fingerprint density at radius 1 is 1.12 bits per heavy atom.